The van der Waals surface area contributed by atoms with Gasteiger partial charge >= 0.3 is 0 Å². The van der Waals surface area contributed by atoms with Crippen LogP contribution in [0, 0.1) is 6.92 Å². The van der Waals surface area contributed by atoms with Crippen LogP contribution >= 0.6 is 0 Å². The molecule has 1 N–H and O–H groups in total. The highest BCUT2D eigenvalue weighted by Crippen LogP contribution is 2.24. The maximum Gasteiger partial charge on any atom is 0.261 e. The van der Waals surface area contributed by atoms with E-state index in [2.05, 4.69) is 14.6 Å². The fourth-order valence-electron chi connectivity index (χ4n) is 2.62. The Hall–Kier alpha value is -2.86. The van der Waals surface area contributed by atoms with Crippen molar-refractivity contribution in [1.82, 2.24) is 4.98 Å². The van der Waals surface area contributed by atoms with Gasteiger partial charge in [0.25, 0.3) is 10.0 Å². The van der Waals surface area contributed by atoms with E-state index in [9.17, 15) is 8.42 Å². The molecule has 5 nitrogen and oxygen atoms in total. The zero-order chi connectivity index (χ0) is 18.6. The van der Waals surface area contributed by atoms with Gasteiger partial charge < -0.3 is 4.90 Å². The summed E-state index contributed by atoms with van der Waals surface area (Å²) in [6, 6.07) is 20.2. The molecule has 1 aromatic heterocycles. The number of benzene rings is 2. The van der Waals surface area contributed by atoms with Crippen LogP contribution in [0.5, 0.6) is 0 Å². The normalized spacial score (nSPS) is 11.2. The molecule has 0 saturated heterocycles. The lowest BCUT2D eigenvalue weighted by atomic mass is 10.2. The highest BCUT2D eigenvalue weighted by atomic mass is 32.2. The summed E-state index contributed by atoms with van der Waals surface area (Å²) < 4.78 is 27.5. The zero-order valence-electron chi connectivity index (χ0n) is 14.8. The van der Waals surface area contributed by atoms with E-state index in [1.165, 1.54) is 6.20 Å². The Kier molecular flexibility index (Phi) is 5.23. The van der Waals surface area contributed by atoms with E-state index >= 15 is 0 Å². The Morgan fingerprint density at radius 3 is 2.23 bits per heavy atom. The number of nitrogens with one attached hydrogen (secondary N) is 1. The van der Waals surface area contributed by atoms with Crippen molar-refractivity contribution in [1.29, 1.82) is 0 Å². The summed E-state index contributed by atoms with van der Waals surface area (Å²) in [4.78, 5) is 6.70. The van der Waals surface area contributed by atoms with Gasteiger partial charge in [-0.25, -0.2) is 13.4 Å². The fourth-order valence-corrected chi connectivity index (χ4v) is 3.67. The number of aromatic nitrogens is 1. The van der Waals surface area contributed by atoms with Gasteiger partial charge in [-0.1, -0.05) is 35.9 Å². The van der Waals surface area contributed by atoms with E-state index in [1.807, 2.05) is 50.2 Å². The minimum atomic E-state index is -3.62. The first-order chi connectivity index (χ1) is 12.5. The molecule has 134 valence electrons. The van der Waals surface area contributed by atoms with Crippen LogP contribution in [0.4, 0.5) is 17.2 Å². The Labute approximate surface area is 154 Å². The molecule has 0 atom stereocenters. The van der Waals surface area contributed by atoms with Crippen molar-refractivity contribution >= 4 is 27.2 Å². The first-order valence-electron chi connectivity index (χ1n) is 8.38. The lowest BCUT2D eigenvalue weighted by Crippen LogP contribution is -2.17. The average Bonchev–Trinajstić information content (AvgIpc) is 2.65. The van der Waals surface area contributed by atoms with Crippen LogP contribution in [0.15, 0.2) is 77.8 Å². The van der Waals surface area contributed by atoms with Crippen molar-refractivity contribution in [3.8, 4) is 0 Å². The number of rotatable bonds is 6. The Morgan fingerprint density at radius 1 is 0.962 bits per heavy atom. The quantitative estimate of drug-likeness (QED) is 0.704. The maximum absolute atomic E-state index is 12.5. The molecule has 0 aliphatic carbocycles. The topological polar surface area (TPSA) is 62.3 Å². The minimum absolute atomic E-state index is 0.228. The van der Waals surface area contributed by atoms with Gasteiger partial charge in [0.15, 0.2) is 0 Å². The van der Waals surface area contributed by atoms with Crippen molar-refractivity contribution in [3.63, 3.8) is 0 Å². The third-order valence-corrected chi connectivity index (χ3v) is 5.39. The first kappa shape index (κ1) is 17.9. The van der Waals surface area contributed by atoms with Crippen molar-refractivity contribution in [2.75, 3.05) is 16.2 Å². The average molecular weight is 367 g/mol. The molecule has 26 heavy (non-hydrogen) atoms. The molecular weight excluding hydrogens is 346 g/mol. The SMILES string of the molecule is CCN(c1ccccc1)c1ccc(NS(=O)(=O)c2ccc(C)cc2)cn1. The predicted octanol–water partition coefficient (Wildman–Crippen LogP) is 4.35. The van der Waals surface area contributed by atoms with E-state index in [0.717, 1.165) is 23.6 Å². The molecule has 0 amide bonds. The molecular formula is C20H21N3O2S. The van der Waals surface area contributed by atoms with Crippen LogP contribution in [0.3, 0.4) is 0 Å². The van der Waals surface area contributed by atoms with E-state index in [-0.39, 0.29) is 4.90 Å². The molecule has 0 saturated carbocycles. The highest BCUT2D eigenvalue weighted by molar-refractivity contribution is 7.92. The third kappa shape index (κ3) is 4.03. The monoisotopic (exact) mass is 367 g/mol. The van der Waals surface area contributed by atoms with Crippen LogP contribution in [0.1, 0.15) is 12.5 Å². The van der Waals surface area contributed by atoms with E-state index in [1.54, 1.807) is 30.3 Å². The molecule has 6 heteroatoms. The molecule has 2 aromatic carbocycles. The number of hydrogen-bond acceptors (Lipinski definition) is 4. The second-order valence-electron chi connectivity index (χ2n) is 5.90. The number of hydrogen-bond donors (Lipinski definition) is 1. The second kappa shape index (κ2) is 7.58. The van der Waals surface area contributed by atoms with Gasteiger partial charge in [-0.05, 0) is 50.2 Å². The molecule has 0 unspecified atom stereocenters. The summed E-state index contributed by atoms with van der Waals surface area (Å²) >= 11 is 0. The van der Waals surface area contributed by atoms with Crippen LogP contribution in [0.25, 0.3) is 0 Å². The number of anilines is 3. The van der Waals surface area contributed by atoms with Gasteiger partial charge in [-0.2, -0.15) is 0 Å². The lowest BCUT2D eigenvalue weighted by Gasteiger charge is -2.22. The smallest absolute Gasteiger partial charge is 0.261 e. The Bertz CT molecular complexity index is 954. The molecule has 3 aromatic rings. The summed E-state index contributed by atoms with van der Waals surface area (Å²) in [6.45, 7) is 4.72. The Morgan fingerprint density at radius 2 is 1.65 bits per heavy atom. The van der Waals surface area contributed by atoms with Gasteiger partial charge in [0.1, 0.15) is 5.82 Å². The summed E-state index contributed by atoms with van der Waals surface area (Å²) in [5.74, 6) is 0.761. The Balaban J connectivity index is 1.80. The molecule has 0 radical (unpaired) electrons. The molecule has 0 aliphatic rings. The lowest BCUT2D eigenvalue weighted by molar-refractivity contribution is 0.601. The van der Waals surface area contributed by atoms with Crippen LogP contribution < -0.4 is 9.62 Å². The van der Waals surface area contributed by atoms with Crippen molar-refractivity contribution in [2.24, 2.45) is 0 Å². The van der Waals surface area contributed by atoms with Gasteiger partial charge in [0.2, 0.25) is 0 Å². The number of pyridine rings is 1. The number of nitrogens with zero attached hydrogens (tertiary/aromatic N) is 2. The fraction of sp³-hybridized carbons (Fsp3) is 0.150. The second-order valence-corrected chi connectivity index (χ2v) is 7.59. The van der Waals surface area contributed by atoms with Gasteiger partial charge in [0.05, 0.1) is 16.8 Å². The number of sulfonamides is 1. The van der Waals surface area contributed by atoms with E-state index in [0.29, 0.717) is 5.69 Å². The summed E-state index contributed by atoms with van der Waals surface area (Å²) in [7, 11) is -3.62. The van der Waals surface area contributed by atoms with E-state index < -0.39 is 10.0 Å². The van der Waals surface area contributed by atoms with Gasteiger partial charge in [-0.3, -0.25) is 4.72 Å². The number of aryl methyl sites for hydroxylation is 1. The molecule has 1 heterocycles. The summed E-state index contributed by atoms with van der Waals surface area (Å²) in [6.07, 6.45) is 1.53. The highest BCUT2D eigenvalue weighted by Gasteiger charge is 2.15. The van der Waals surface area contributed by atoms with Crippen LogP contribution in [-0.4, -0.2) is 19.9 Å². The van der Waals surface area contributed by atoms with Gasteiger partial charge in [-0.15, -0.1) is 0 Å². The van der Waals surface area contributed by atoms with Gasteiger partial charge in [0, 0.05) is 12.2 Å². The van der Waals surface area contributed by atoms with Crippen molar-refractivity contribution in [3.05, 3.63) is 78.5 Å². The first-order valence-corrected chi connectivity index (χ1v) is 9.86. The summed E-state index contributed by atoms with van der Waals surface area (Å²) in [5, 5.41) is 0. The molecule has 0 fully saturated rings. The van der Waals surface area contributed by atoms with Crippen molar-refractivity contribution in [2.45, 2.75) is 18.7 Å². The predicted molar refractivity (Wildman–Crippen MR) is 105 cm³/mol. The van der Waals surface area contributed by atoms with Crippen LogP contribution in [-0.2, 0) is 10.0 Å². The zero-order valence-corrected chi connectivity index (χ0v) is 15.6. The minimum Gasteiger partial charge on any atom is -0.327 e. The van der Waals surface area contributed by atoms with E-state index in [4.69, 9.17) is 0 Å². The standard InChI is InChI=1S/C20H21N3O2S/c1-3-23(18-7-5-4-6-8-18)20-14-11-17(15-21-20)22-26(24,25)19-12-9-16(2)10-13-19/h4-15,22H,3H2,1-2H3. The van der Waals surface area contributed by atoms with Crippen molar-refractivity contribution < 1.29 is 8.42 Å². The summed E-state index contributed by atoms with van der Waals surface area (Å²) in [5.41, 5.74) is 2.48. The molecule has 0 bridgehead atoms. The molecule has 3 rings (SSSR count). The largest absolute Gasteiger partial charge is 0.327 e. The number of para-hydroxylation sites is 1. The maximum atomic E-state index is 12.5. The third-order valence-electron chi connectivity index (χ3n) is 3.99. The molecule has 0 spiro atoms. The molecule has 0 aliphatic heterocycles. The van der Waals surface area contributed by atoms with Crippen LogP contribution in [0.2, 0.25) is 0 Å².